The van der Waals surface area contributed by atoms with Crippen LogP contribution in [0.1, 0.15) is 5.56 Å². The second-order valence-electron chi connectivity index (χ2n) is 3.33. The van der Waals surface area contributed by atoms with Crippen LogP contribution >= 0.6 is 0 Å². The molecule has 0 saturated heterocycles. The van der Waals surface area contributed by atoms with Gasteiger partial charge in [0, 0.05) is 0 Å². The first-order valence-corrected chi connectivity index (χ1v) is 4.41. The number of hydrogen-bond donors (Lipinski definition) is 1. The summed E-state index contributed by atoms with van der Waals surface area (Å²) in [6, 6.07) is 7.94. The van der Waals surface area contributed by atoms with E-state index in [0.717, 1.165) is 5.69 Å². The molecule has 0 amide bonds. The fourth-order valence-corrected chi connectivity index (χ4v) is 1.27. The topological polar surface area (TPSA) is 41.7 Å². The molecule has 14 heavy (non-hydrogen) atoms. The summed E-state index contributed by atoms with van der Waals surface area (Å²) >= 11 is 0. The molecule has 0 aliphatic rings. The van der Waals surface area contributed by atoms with Crippen molar-refractivity contribution in [1.82, 2.24) is 9.90 Å². The van der Waals surface area contributed by atoms with Crippen LogP contribution in [-0.2, 0) is 7.05 Å². The van der Waals surface area contributed by atoms with Gasteiger partial charge in [-0.2, -0.15) is 0 Å². The van der Waals surface area contributed by atoms with E-state index in [1.165, 1.54) is 16.4 Å². The van der Waals surface area contributed by atoms with Gasteiger partial charge in [-0.3, -0.25) is 0 Å². The molecular formula is C10H12N3O+. The monoisotopic (exact) mass is 190 g/mol. The molecule has 0 atom stereocenters. The second kappa shape index (κ2) is 3.14. The molecule has 1 aromatic carbocycles. The van der Waals surface area contributed by atoms with Crippen molar-refractivity contribution in [1.29, 1.82) is 0 Å². The van der Waals surface area contributed by atoms with Crippen LogP contribution in [0.15, 0.2) is 35.3 Å². The first-order valence-electron chi connectivity index (χ1n) is 4.41. The van der Waals surface area contributed by atoms with Gasteiger partial charge in [-0.15, -0.1) is 9.36 Å². The predicted octanol–water partition coefficient (Wildman–Crippen LogP) is 0.299. The number of nitrogens with one attached hydrogen (secondary N) is 1. The Hall–Kier alpha value is -1.84. The van der Waals surface area contributed by atoms with Crippen molar-refractivity contribution in [2.45, 2.75) is 6.92 Å². The van der Waals surface area contributed by atoms with E-state index in [1.807, 2.05) is 31.2 Å². The highest BCUT2D eigenvalue weighted by Crippen LogP contribution is 2.00. The van der Waals surface area contributed by atoms with Crippen LogP contribution in [0.3, 0.4) is 0 Å². The molecule has 1 heterocycles. The van der Waals surface area contributed by atoms with Gasteiger partial charge >= 0.3 is 5.56 Å². The minimum atomic E-state index is -0.0504. The summed E-state index contributed by atoms with van der Waals surface area (Å²) in [5.41, 5.74) is 2.10. The molecule has 2 rings (SSSR count). The molecule has 1 N–H and O–H groups in total. The normalized spacial score (nSPS) is 10.4. The number of benzene rings is 1. The molecule has 0 radical (unpaired) electrons. The molecule has 1 aromatic heterocycles. The maximum absolute atomic E-state index is 11.2. The molecule has 4 nitrogen and oxygen atoms in total. The number of aryl methyl sites for hydroxylation is 2. The lowest BCUT2D eigenvalue weighted by Gasteiger charge is -1.94. The fourth-order valence-electron chi connectivity index (χ4n) is 1.27. The molecule has 0 aliphatic carbocycles. The number of H-pyrrole nitrogens is 1. The van der Waals surface area contributed by atoms with Gasteiger partial charge < -0.3 is 0 Å². The molecule has 2 aromatic rings. The van der Waals surface area contributed by atoms with Gasteiger partial charge in [0.2, 0.25) is 6.20 Å². The summed E-state index contributed by atoms with van der Waals surface area (Å²) in [4.78, 5) is 11.2. The third-order valence-electron chi connectivity index (χ3n) is 2.14. The van der Waals surface area contributed by atoms with Crippen molar-refractivity contribution in [3.05, 3.63) is 46.4 Å². The molecule has 0 unspecified atom stereocenters. The summed E-state index contributed by atoms with van der Waals surface area (Å²) < 4.78 is 3.13. The molecule has 0 fully saturated rings. The van der Waals surface area contributed by atoms with Crippen LogP contribution in [0.25, 0.3) is 5.69 Å². The highest BCUT2D eigenvalue weighted by atomic mass is 16.1. The maximum atomic E-state index is 11.2. The summed E-state index contributed by atoms with van der Waals surface area (Å²) in [6.45, 7) is 2.03. The fraction of sp³-hybridized carbons (Fsp3) is 0.200. The van der Waals surface area contributed by atoms with Gasteiger partial charge in [-0.25, -0.2) is 4.79 Å². The van der Waals surface area contributed by atoms with Gasteiger partial charge in [0.25, 0.3) is 0 Å². The van der Waals surface area contributed by atoms with Gasteiger partial charge in [-0.1, -0.05) is 22.9 Å². The number of aromatic nitrogens is 3. The third kappa shape index (κ3) is 1.46. The zero-order valence-electron chi connectivity index (χ0n) is 8.19. The number of aromatic amines is 1. The first-order chi connectivity index (χ1) is 6.66. The van der Waals surface area contributed by atoms with Crippen LogP contribution in [0.4, 0.5) is 0 Å². The summed E-state index contributed by atoms with van der Waals surface area (Å²) in [7, 11) is 1.69. The zero-order valence-corrected chi connectivity index (χ0v) is 8.19. The first kappa shape index (κ1) is 8.74. The van der Waals surface area contributed by atoms with E-state index < -0.39 is 0 Å². The van der Waals surface area contributed by atoms with E-state index >= 15 is 0 Å². The van der Waals surface area contributed by atoms with Gasteiger partial charge in [0.15, 0.2) is 5.69 Å². The number of hydrogen-bond acceptors (Lipinski definition) is 1. The lowest BCUT2D eigenvalue weighted by Crippen LogP contribution is -2.32. The van der Waals surface area contributed by atoms with Crippen LogP contribution in [0.5, 0.6) is 0 Å². The van der Waals surface area contributed by atoms with Crippen molar-refractivity contribution < 1.29 is 4.68 Å². The quantitative estimate of drug-likeness (QED) is 0.645. The molecule has 0 aliphatic heterocycles. The molecular weight excluding hydrogens is 178 g/mol. The Morgan fingerprint density at radius 2 is 1.93 bits per heavy atom. The van der Waals surface area contributed by atoms with Gasteiger partial charge in [0.05, 0.1) is 0 Å². The van der Waals surface area contributed by atoms with E-state index in [4.69, 9.17) is 0 Å². The Kier molecular flexibility index (Phi) is 1.96. The Bertz CT molecular complexity index is 493. The van der Waals surface area contributed by atoms with E-state index in [0.29, 0.717) is 0 Å². The minimum Gasteiger partial charge on any atom is -0.235 e. The zero-order chi connectivity index (χ0) is 10.1. The highest BCUT2D eigenvalue weighted by Gasteiger charge is 2.07. The summed E-state index contributed by atoms with van der Waals surface area (Å²) in [6.07, 6.45) is 1.52. The lowest BCUT2D eigenvalue weighted by molar-refractivity contribution is -0.661. The maximum Gasteiger partial charge on any atom is 0.393 e. The Labute approximate surface area is 81.4 Å². The Morgan fingerprint density at radius 3 is 2.43 bits per heavy atom. The van der Waals surface area contributed by atoms with Crippen LogP contribution < -0.4 is 10.2 Å². The number of rotatable bonds is 1. The smallest absolute Gasteiger partial charge is 0.235 e. The SMILES string of the molecule is Cc1ccc(-[n+]2cc(=O)n(C)[nH]2)cc1. The third-order valence-corrected chi connectivity index (χ3v) is 2.14. The molecule has 0 spiro atoms. The number of nitrogens with zero attached hydrogens (tertiary/aromatic N) is 2. The molecule has 0 bridgehead atoms. The van der Waals surface area contributed by atoms with Crippen molar-refractivity contribution >= 4 is 0 Å². The van der Waals surface area contributed by atoms with Crippen LogP contribution in [0.2, 0.25) is 0 Å². The van der Waals surface area contributed by atoms with Gasteiger partial charge in [0.1, 0.15) is 7.05 Å². The van der Waals surface area contributed by atoms with Crippen LogP contribution in [-0.4, -0.2) is 9.90 Å². The van der Waals surface area contributed by atoms with Crippen molar-refractivity contribution in [2.75, 3.05) is 0 Å². The summed E-state index contributed by atoms with van der Waals surface area (Å²) in [5, 5.41) is 2.90. The average molecular weight is 190 g/mol. The largest absolute Gasteiger partial charge is 0.393 e. The lowest BCUT2D eigenvalue weighted by atomic mass is 10.2. The average Bonchev–Trinajstić information content (AvgIpc) is 2.48. The second-order valence-corrected chi connectivity index (χ2v) is 3.33. The van der Waals surface area contributed by atoms with E-state index in [1.54, 1.807) is 11.7 Å². The Balaban J connectivity index is 2.49. The van der Waals surface area contributed by atoms with E-state index in [-0.39, 0.29) is 5.56 Å². The highest BCUT2D eigenvalue weighted by molar-refractivity contribution is 5.25. The van der Waals surface area contributed by atoms with E-state index in [9.17, 15) is 4.79 Å². The Morgan fingerprint density at radius 1 is 1.29 bits per heavy atom. The van der Waals surface area contributed by atoms with E-state index in [2.05, 4.69) is 5.21 Å². The van der Waals surface area contributed by atoms with Crippen LogP contribution in [0, 0.1) is 6.92 Å². The van der Waals surface area contributed by atoms with Crippen molar-refractivity contribution in [3.8, 4) is 5.69 Å². The predicted molar refractivity (Wildman–Crippen MR) is 52.3 cm³/mol. The molecule has 4 heteroatoms. The van der Waals surface area contributed by atoms with Crippen molar-refractivity contribution in [3.63, 3.8) is 0 Å². The minimum absolute atomic E-state index is 0.0504. The molecule has 72 valence electrons. The standard InChI is InChI=1S/C10H11N3O/c1-8-3-5-9(6-4-8)13-7-10(14)12(2)11-13/h3-7H,1-2H3/p+1. The van der Waals surface area contributed by atoms with Crippen molar-refractivity contribution in [2.24, 2.45) is 7.05 Å². The molecule has 0 saturated carbocycles. The summed E-state index contributed by atoms with van der Waals surface area (Å²) in [5.74, 6) is 0. The van der Waals surface area contributed by atoms with Gasteiger partial charge in [-0.05, 0) is 19.1 Å².